The quantitative estimate of drug-likeness (QED) is 0.594. The fourth-order valence-electron chi connectivity index (χ4n) is 3.66. The largest absolute Gasteiger partial charge is 0.386 e. The number of nitrogens with zero attached hydrogens (tertiary/aromatic N) is 1. The molecule has 3 rings (SSSR count). The lowest BCUT2D eigenvalue weighted by Gasteiger charge is -2.20. The SMILES string of the molecule is CC(NC(=O)/C(C#N)=C\NC1CCS(=O)(=O)C1)c1ccc2c(c1)CCCC2. The molecule has 1 saturated heterocycles. The number of hydrogen-bond acceptors (Lipinski definition) is 5. The number of fused-ring (bicyclic) bond motifs is 1. The normalized spacial score (nSPS) is 22.4. The van der Waals surface area contributed by atoms with Crippen LogP contribution in [0.15, 0.2) is 30.0 Å². The van der Waals surface area contributed by atoms with Gasteiger partial charge < -0.3 is 10.6 Å². The van der Waals surface area contributed by atoms with Crippen molar-refractivity contribution in [1.29, 1.82) is 5.26 Å². The van der Waals surface area contributed by atoms with Crippen molar-refractivity contribution in [1.82, 2.24) is 10.6 Å². The second kappa shape index (κ2) is 8.13. The van der Waals surface area contributed by atoms with Gasteiger partial charge in [-0.15, -0.1) is 0 Å². The van der Waals surface area contributed by atoms with E-state index in [0.29, 0.717) is 6.42 Å². The Morgan fingerprint density at radius 3 is 2.70 bits per heavy atom. The van der Waals surface area contributed by atoms with E-state index in [-0.39, 0.29) is 29.2 Å². The van der Waals surface area contributed by atoms with Crippen LogP contribution in [0, 0.1) is 11.3 Å². The second-order valence-electron chi connectivity index (χ2n) is 7.37. The highest BCUT2D eigenvalue weighted by Crippen LogP contribution is 2.24. The molecule has 27 heavy (non-hydrogen) atoms. The van der Waals surface area contributed by atoms with E-state index < -0.39 is 15.7 Å². The summed E-state index contributed by atoms with van der Waals surface area (Å²) in [6.07, 6.45) is 6.43. The molecule has 1 aliphatic heterocycles. The maximum absolute atomic E-state index is 12.4. The molecule has 0 bridgehead atoms. The average Bonchev–Trinajstić information content (AvgIpc) is 3.00. The average molecular weight is 388 g/mol. The van der Waals surface area contributed by atoms with Crippen LogP contribution in [0.3, 0.4) is 0 Å². The van der Waals surface area contributed by atoms with Crippen molar-refractivity contribution in [2.75, 3.05) is 11.5 Å². The minimum absolute atomic E-state index is 0.0371. The first-order chi connectivity index (χ1) is 12.9. The fourth-order valence-corrected chi connectivity index (χ4v) is 5.34. The summed E-state index contributed by atoms with van der Waals surface area (Å²) >= 11 is 0. The zero-order valence-corrected chi connectivity index (χ0v) is 16.3. The van der Waals surface area contributed by atoms with Crippen LogP contribution in [0.25, 0.3) is 0 Å². The van der Waals surface area contributed by atoms with Crippen LogP contribution < -0.4 is 10.6 Å². The number of rotatable bonds is 5. The van der Waals surface area contributed by atoms with E-state index in [0.717, 1.165) is 18.4 Å². The van der Waals surface area contributed by atoms with Crippen molar-refractivity contribution in [3.8, 4) is 6.07 Å². The molecule has 0 radical (unpaired) electrons. The van der Waals surface area contributed by atoms with Crippen molar-refractivity contribution in [3.63, 3.8) is 0 Å². The van der Waals surface area contributed by atoms with Crippen molar-refractivity contribution < 1.29 is 13.2 Å². The van der Waals surface area contributed by atoms with Crippen LogP contribution in [0.2, 0.25) is 0 Å². The van der Waals surface area contributed by atoms with Crippen molar-refractivity contribution in [3.05, 3.63) is 46.7 Å². The Bertz CT molecular complexity index is 900. The smallest absolute Gasteiger partial charge is 0.263 e. The van der Waals surface area contributed by atoms with Crippen molar-refractivity contribution >= 4 is 15.7 Å². The number of carbonyl (C=O) groups excluding carboxylic acids is 1. The number of sulfone groups is 1. The Morgan fingerprint density at radius 2 is 2.04 bits per heavy atom. The van der Waals surface area contributed by atoms with Gasteiger partial charge in [0, 0.05) is 12.2 Å². The molecule has 1 aliphatic carbocycles. The maximum atomic E-state index is 12.4. The predicted octanol–water partition coefficient (Wildman–Crippen LogP) is 1.93. The summed E-state index contributed by atoms with van der Waals surface area (Å²) in [4.78, 5) is 12.4. The molecule has 0 aromatic heterocycles. The fraction of sp³-hybridized carbons (Fsp3) is 0.500. The van der Waals surface area contributed by atoms with Gasteiger partial charge in [-0.3, -0.25) is 4.79 Å². The molecule has 6 nitrogen and oxygen atoms in total. The lowest BCUT2D eigenvalue weighted by molar-refractivity contribution is -0.117. The summed E-state index contributed by atoms with van der Waals surface area (Å²) in [5.41, 5.74) is 3.71. The van der Waals surface area contributed by atoms with E-state index in [1.54, 1.807) is 0 Å². The minimum Gasteiger partial charge on any atom is -0.386 e. The highest BCUT2D eigenvalue weighted by molar-refractivity contribution is 7.91. The van der Waals surface area contributed by atoms with E-state index in [2.05, 4.69) is 22.8 Å². The Kier molecular flexibility index (Phi) is 5.85. The molecule has 0 saturated carbocycles. The van der Waals surface area contributed by atoms with Gasteiger partial charge in [-0.1, -0.05) is 18.2 Å². The van der Waals surface area contributed by atoms with Gasteiger partial charge in [0.2, 0.25) is 0 Å². The molecule has 1 fully saturated rings. The maximum Gasteiger partial charge on any atom is 0.263 e. The summed E-state index contributed by atoms with van der Waals surface area (Å²) < 4.78 is 23.0. The topological polar surface area (TPSA) is 99.1 Å². The Balaban J connectivity index is 1.62. The lowest BCUT2D eigenvalue weighted by Crippen LogP contribution is -2.31. The summed E-state index contributed by atoms with van der Waals surface area (Å²) in [5, 5.41) is 15.0. The van der Waals surface area contributed by atoms with E-state index in [1.807, 2.05) is 19.1 Å². The van der Waals surface area contributed by atoms with Crippen LogP contribution in [-0.4, -0.2) is 31.9 Å². The van der Waals surface area contributed by atoms with Gasteiger partial charge in [-0.05, 0) is 55.7 Å². The number of aryl methyl sites for hydroxylation is 2. The molecule has 2 aliphatic rings. The molecular weight excluding hydrogens is 362 g/mol. The summed E-state index contributed by atoms with van der Waals surface area (Å²) in [7, 11) is -3.01. The third-order valence-corrected chi connectivity index (χ3v) is 7.05. The Hall–Kier alpha value is -2.33. The molecule has 1 heterocycles. The molecule has 1 amide bonds. The van der Waals surface area contributed by atoms with Crippen molar-refractivity contribution in [2.45, 2.75) is 51.1 Å². The van der Waals surface area contributed by atoms with E-state index in [4.69, 9.17) is 0 Å². The summed E-state index contributed by atoms with van der Waals surface area (Å²) in [6.45, 7) is 1.90. The highest BCUT2D eigenvalue weighted by Gasteiger charge is 2.27. The zero-order chi connectivity index (χ0) is 19.4. The lowest BCUT2D eigenvalue weighted by atomic mass is 9.89. The summed E-state index contributed by atoms with van der Waals surface area (Å²) in [5.74, 6) is -0.284. The number of benzene rings is 1. The number of nitrogens with one attached hydrogen (secondary N) is 2. The molecule has 144 valence electrons. The van der Waals surface area contributed by atoms with Crippen LogP contribution >= 0.6 is 0 Å². The highest BCUT2D eigenvalue weighted by atomic mass is 32.2. The van der Waals surface area contributed by atoms with E-state index in [9.17, 15) is 18.5 Å². The van der Waals surface area contributed by atoms with Crippen molar-refractivity contribution in [2.24, 2.45) is 0 Å². The number of hydrogen-bond donors (Lipinski definition) is 2. The van der Waals surface area contributed by atoms with E-state index in [1.165, 1.54) is 30.2 Å². The molecule has 1 aromatic rings. The third-order valence-electron chi connectivity index (χ3n) is 5.28. The standard InChI is InChI=1S/C20H25N3O3S/c1-14(16-7-6-15-4-2-3-5-17(15)10-16)23-20(24)18(11-21)12-22-19-8-9-27(25,26)13-19/h6-7,10,12,14,19,22H,2-5,8-9,13H2,1H3,(H,23,24)/b18-12-. The van der Waals surface area contributed by atoms with Gasteiger partial charge in [-0.2, -0.15) is 5.26 Å². The van der Waals surface area contributed by atoms with Crippen LogP contribution in [-0.2, 0) is 27.5 Å². The van der Waals surface area contributed by atoms with Gasteiger partial charge in [-0.25, -0.2) is 8.42 Å². The minimum atomic E-state index is -3.01. The number of nitriles is 1. The molecular formula is C20H25N3O3S. The number of amides is 1. The van der Waals surface area contributed by atoms with Crippen LogP contribution in [0.5, 0.6) is 0 Å². The van der Waals surface area contributed by atoms with Gasteiger partial charge in [0.25, 0.3) is 5.91 Å². The molecule has 2 unspecified atom stereocenters. The molecule has 7 heteroatoms. The monoisotopic (exact) mass is 387 g/mol. The molecule has 2 atom stereocenters. The van der Waals surface area contributed by atoms with Gasteiger partial charge in [0.05, 0.1) is 17.5 Å². The first kappa shape index (κ1) is 19.4. The third kappa shape index (κ3) is 4.89. The second-order valence-corrected chi connectivity index (χ2v) is 9.60. The zero-order valence-electron chi connectivity index (χ0n) is 15.5. The van der Waals surface area contributed by atoms with Gasteiger partial charge in [0.1, 0.15) is 11.6 Å². The van der Waals surface area contributed by atoms with Crippen LogP contribution in [0.4, 0.5) is 0 Å². The van der Waals surface area contributed by atoms with Crippen LogP contribution in [0.1, 0.15) is 48.9 Å². The molecule has 2 N–H and O–H groups in total. The van der Waals surface area contributed by atoms with Gasteiger partial charge >= 0.3 is 0 Å². The molecule has 1 aromatic carbocycles. The number of carbonyl (C=O) groups is 1. The predicted molar refractivity (Wildman–Crippen MR) is 104 cm³/mol. The van der Waals surface area contributed by atoms with Gasteiger partial charge in [0.15, 0.2) is 9.84 Å². The Morgan fingerprint density at radius 1 is 1.30 bits per heavy atom. The molecule has 0 spiro atoms. The Labute approximate surface area is 160 Å². The van der Waals surface area contributed by atoms with E-state index >= 15 is 0 Å². The first-order valence-corrected chi connectivity index (χ1v) is 11.2. The first-order valence-electron chi connectivity index (χ1n) is 9.37. The summed E-state index contributed by atoms with van der Waals surface area (Å²) in [6, 6.07) is 7.75.